The van der Waals surface area contributed by atoms with Crippen LogP contribution in [0.25, 0.3) is 0 Å². The molecule has 1 amide bonds. The molecule has 3 rings (SSSR count). The fourth-order valence-electron chi connectivity index (χ4n) is 3.67. The van der Waals surface area contributed by atoms with Crippen molar-refractivity contribution in [2.24, 2.45) is 0 Å². The summed E-state index contributed by atoms with van der Waals surface area (Å²) in [5.41, 5.74) is 0.661. The van der Waals surface area contributed by atoms with Crippen molar-refractivity contribution in [2.75, 3.05) is 26.0 Å². The van der Waals surface area contributed by atoms with Gasteiger partial charge in [0.1, 0.15) is 0 Å². The van der Waals surface area contributed by atoms with Crippen LogP contribution in [0.3, 0.4) is 0 Å². The lowest BCUT2D eigenvalue weighted by molar-refractivity contribution is -0.137. The SMILES string of the molecule is Cc1ccc(NC(=O)CN(C2CC2)C(C)c2cccc(C(F)(F)F)c2)cc1S(=O)(=O)N(C)C. The third-order valence-corrected chi connectivity index (χ3v) is 7.72. The monoisotopic (exact) mass is 483 g/mol. The average Bonchev–Trinajstić information content (AvgIpc) is 3.57. The molecule has 0 spiro atoms. The Morgan fingerprint density at radius 1 is 1.15 bits per heavy atom. The van der Waals surface area contributed by atoms with Gasteiger partial charge in [0, 0.05) is 31.9 Å². The smallest absolute Gasteiger partial charge is 0.325 e. The highest BCUT2D eigenvalue weighted by atomic mass is 32.2. The summed E-state index contributed by atoms with van der Waals surface area (Å²) in [7, 11) is -0.812. The lowest BCUT2D eigenvalue weighted by atomic mass is 10.0. The fourth-order valence-corrected chi connectivity index (χ4v) is 4.82. The maximum atomic E-state index is 13.1. The minimum Gasteiger partial charge on any atom is -0.325 e. The van der Waals surface area contributed by atoms with E-state index in [0.717, 1.165) is 29.3 Å². The van der Waals surface area contributed by atoms with E-state index in [2.05, 4.69) is 5.32 Å². The number of amides is 1. The molecule has 10 heteroatoms. The molecule has 1 N–H and O–H groups in total. The van der Waals surface area contributed by atoms with Crippen LogP contribution in [-0.4, -0.2) is 50.2 Å². The number of carbonyl (C=O) groups excluding carboxylic acids is 1. The minimum atomic E-state index is -4.44. The molecule has 1 aliphatic rings. The van der Waals surface area contributed by atoms with Gasteiger partial charge in [0.2, 0.25) is 15.9 Å². The molecule has 1 fully saturated rings. The molecule has 1 aliphatic carbocycles. The number of anilines is 1. The number of hydrogen-bond acceptors (Lipinski definition) is 4. The second kappa shape index (κ2) is 9.44. The van der Waals surface area contributed by atoms with Crippen molar-refractivity contribution < 1.29 is 26.4 Å². The van der Waals surface area contributed by atoms with Crippen molar-refractivity contribution in [3.63, 3.8) is 0 Å². The summed E-state index contributed by atoms with van der Waals surface area (Å²) in [5.74, 6) is -0.363. The molecule has 1 atom stereocenters. The Morgan fingerprint density at radius 2 is 1.82 bits per heavy atom. The summed E-state index contributed by atoms with van der Waals surface area (Å²) in [6, 6.07) is 9.54. The van der Waals surface area contributed by atoms with Crippen molar-refractivity contribution in [1.82, 2.24) is 9.21 Å². The Bertz CT molecular complexity index is 1130. The molecule has 33 heavy (non-hydrogen) atoms. The zero-order valence-electron chi connectivity index (χ0n) is 19.0. The largest absolute Gasteiger partial charge is 0.416 e. The molecule has 0 saturated heterocycles. The summed E-state index contributed by atoms with van der Waals surface area (Å²) in [5, 5.41) is 2.73. The zero-order chi connectivity index (χ0) is 24.6. The topological polar surface area (TPSA) is 69.7 Å². The van der Waals surface area contributed by atoms with Gasteiger partial charge in [-0.25, -0.2) is 12.7 Å². The molecule has 1 saturated carbocycles. The van der Waals surface area contributed by atoms with E-state index >= 15 is 0 Å². The molecule has 0 radical (unpaired) electrons. The normalized spacial score (nSPS) is 15.7. The lowest BCUT2D eigenvalue weighted by Crippen LogP contribution is -2.37. The van der Waals surface area contributed by atoms with E-state index in [1.54, 1.807) is 32.0 Å². The summed E-state index contributed by atoms with van der Waals surface area (Å²) < 4.78 is 65.6. The Labute approximate surface area is 192 Å². The number of aryl methyl sites for hydroxylation is 1. The molecule has 0 aliphatic heterocycles. The molecule has 2 aromatic rings. The number of carbonyl (C=O) groups is 1. The maximum Gasteiger partial charge on any atom is 0.416 e. The summed E-state index contributed by atoms with van der Waals surface area (Å²) in [6.45, 7) is 3.44. The van der Waals surface area contributed by atoms with Crippen LogP contribution in [0.4, 0.5) is 18.9 Å². The van der Waals surface area contributed by atoms with Crippen LogP contribution in [0.5, 0.6) is 0 Å². The highest BCUT2D eigenvalue weighted by molar-refractivity contribution is 7.89. The third kappa shape index (κ3) is 5.93. The Morgan fingerprint density at radius 3 is 2.39 bits per heavy atom. The number of alkyl halides is 3. The Hall–Kier alpha value is -2.43. The van der Waals surface area contributed by atoms with Gasteiger partial charge in [0.05, 0.1) is 17.0 Å². The van der Waals surface area contributed by atoms with Crippen LogP contribution in [0.2, 0.25) is 0 Å². The number of rotatable bonds is 8. The number of nitrogens with zero attached hydrogens (tertiary/aromatic N) is 2. The second-order valence-electron chi connectivity index (χ2n) is 8.52. The van der Waals surface area contributed by atoms with Gasteiger partial charge in [0.15, 0.2) is 0 Å². The molecule has 0 bridgehead atoms. The highest BCUT2D eigenvalue weighted by Gasteiger charge is 2.36. The molecule has 2 aromatic carbocycles. The standard InChI is InChI=1S/C23H28F3N3O3S/c1-15-8-9-19(13-21(15)33(31,32)28(3)4)27-22(30)14-29(20-10-11-20)16(2)17-6-5-7-18(12-17)23(24,25)26/h5-9,12-13,16,20H,10-11,14H2,1-4H3,(H,27,30). The predicted molar refractivity (Wildman–Crippen MR) is 120 cm³/mol. The van der Waals surface area contributed by atoms with E-state index in [9.17, 15) is 26.4 Å². The van der Waals surface area contributed by atoms with Crippen molar-refractivity contribution >= 4 is 21.6 Å². The van der Waals surface area contributed by atoms with Crippen LogP contribution in [0, 0.1) is 6.92 Å². The van der Waals surface area contributed by atoms with Gasteiger partial charge in [0.25, 0.3) is 0 Å². The quantitative estimate of drug-likeness (QED) is 0.603. The van der Waals surface area contributed by atoms with E-state index < -0.39 is 27.8 Å². The lowest BCUT2D eigenvalue weighted by Gasteiger charge is -2.29. The maximum absolute atomic E-state index is 13.1. The molecule has 180 valence electrons. The summed E-state index contributed by atoms with van der Waals surface area (Å²) in [4.78, 5) is 14.8. The van der Waals surface area contributed by atoms with Gasteiger partial charge in [-0.1, -0.05) is 18.2 Å². The molecule has 1 unspecified atom stereocenters. The van der Waals surface area contributed by atoms with Crippen molar-refractivity contribution in [2.45, 2.75) is 49.8 Å². The highest BCUT2D eigenvalue weighted by Crippen LogP contribution is 2.36. The molecular weight excluding hydrogens is 455 g/mol. The van der Waals surface area contributed by atoms with E-state index in [-0.39, 0.29) is 23.4 Å². The second-order valence-corrected chi connectivity index (χ2v) is 10.6. The summed E-state index contributed by atoms with van der Waals surface area (Å²) >= 11 is 0. The average molecular weight is 484 g/mol. The number of hydrogen-bond donors (Lipinski definition) is 1. The predicted octanol–water partition coefficient (Wildman–Crippen LogP) is 4.43. The van der Waals surface area contributed by atoms with Gasteiger partial charge in [-0.15, -0.1) is 0 Å². The number of nitrogens with one attached hydrogen (secondary N) is 1. The van der Waals surface area contributed by atoms with Crippen LogP contribution in [0.1, 0.15) is 42.5 Å². The first-order valence-electron chi connectivity index (χ1n) is 10.6. The Balaban J connectivity index is 1.77. The van der Waals surface area contributed by atoms with Crippen molar-refractivity contribution in [3.8, 4) is 0 Å². The number of sulfonamides is 1. The Kier molecular flexibility index (Phi) is 7.21. The van der Waals surface area contributed by atoms with Crippen molar-refractivity contribution in [3.05, 3.63) is 59.2 Å². The third-order valence-electron chi connectivity index (χ3n) is 5.77. The first-order valence-corrected chi connectivity index (χ1v) is 12.0. The van der Waals surface area contributed by atoms with E-state index in [4.69, 9.17) is 0 Å². The van der Waals surface area contributed by atoms with Crippen molar-refractivity contribution in [1.29, 1.82) is 0 Å². The molecule has 6 nitrogen and oxygen atoms in total. The van der Waals surface area contributed by atoms with E-state index in [1.165, 1.54) is 26.2 Å². The molecule has 0 aromatic heterocycles. The van der Waals surface area contributed by atoms with Gasteiger partial charge < -0.3 is 5.32 Å². The molecule has 0 heterocycles. The minimum absolute atomic E-state index is 0.0221. The van der Waals surface area contributed by atoms with Crippen LogP contribution in [0.15, 0.2) is 47.4 Å². The van der Waals surface area contributed by atoms with Crippen LogP contribution >= 0.6 is 0 Å². The number of benzene rings is 2. The van der Waals surface area contributed by atoms with Gasteiger partial charge in [-0.05, 0) is 62.1 Å². The zero-order valence-corrected chi connectivity index (χ0v) is 19.8. The molecular formula is C23H28F3N3O3S. The first-order chi connectivity index (χ1) is 15.3. The van der Waals surface area contributed by atoms with E-state index in [1.807, 2.05) is 4.90 Å². The van der Waals surface area contributed by atoms with Crippen LogP contribution in [-0.2, 0) is 21.0 Å². The van der Waals surface area contributed by atoms with Crippen LogP contribution < -0.4 is 5.32 Å². The number of halogens is 3. The van der Waals surface area contributed by atoms with E-state index in [0.29, 0.717) is 16.8 Å². The van der Waals surface area contributed by atoms with Gasteiger partial charge in [-0.3, -0.25) is 9.69 Å². The first kappa shape index (κ1) is 25.2. The van der Waals surface area contributed by atoms with Gasteiger partial charge >= 0.3 is 6.18 Å². The summed E-state index contributed by atoms with van der Waals surface area (Å²) in [6.07, 6.45) is -2.70. The van der Waals surface area contributed by atoms with Gasteiger partial charge in [-0.2, -0.15) is 13.2 Å². The fraction of sp³-hybridized carbons (Fsp3) is 0.435.